The highest BCUT2D eigenvalue weighted by atomic mass is 32.2. The molecule has 6 heteroatoms. The zero-order valence-electron chi connectivity index (χ0n) is 12.6. The molecule has 4 N–H and O–H groups in total. The van der Waals surface area contributed by atoms with Crippen LogP contribution in [0.1, 0.15) is 39.0 Å². The molecule has 1 saturated heterocycles. The third kappa shape index (κ3) is 4.11. The fourth-order valence-corrected chi connectivity index (χ4v) is 3.91. The summed E-state index contributed by atoms with van der Waals surface area (Å²) < 4.78 is 23.6. The summed E-state index contributed by atoms with van der Waals surface area (Å²) in [7, 11) is -3.76. The van der Waals surface area contributed by atoms with Crippen LogP contribution in [-0.2, 0) is 10.0 Å². The maximum atomic E-state index is 11.8. The van der Waals surface area contributed by atoms with E-state index in [0.29, 0.717) is 11.4 Å². The summed E-state index contributed by atoms with van der Waals surface area (Å²) in [4.78, 5) is 2.27. The zero-order valence-corrected chi connectivity index (χ0v) is 13.4. The van der Waals surface area contributed by atoms with Crippen LogP contribution in [-0.4, -0.2) is 21.5 Å². The lowest BCUT2D eigenvalue weighted by molar-refractivity contribution is 0.435. The van der Waals surface area contributed by atoms with Crippen molar-refractivity contribution < 1.29 is 8.42 Å². The van der Waals surface area contributed by atoms with Gasteiger partial charge < -0.3 is 10.6 Å². The molecule has 0 aliphatic carbocycles. The molecule has 1 aliphatic heterocycles. The lowest BCUT2D eigenvalue weighted by atomic mass is 9.96. The Morgan fingerprint density at radius 3 is 2.71 bits per heavy atom. The number of nitrogens with two attached hydrogens (primary N) is 2. The number of rotatable bonds is 4. The number of anilines is 2. The number of benzene rings is 1. The zero-order chi connectivity index (χ0) is 15.5. The van der Waals surface area contributed by atoms with Crippen molar-refractivity contribution in [2.45, 2.75) is 43.9 Å². The van der Waals surface area contributed by atoms with E-state index >= 15 is 0 Å². The van der Waals surface area contributed by atoms with Crippen LogP contribution in [0.5, 0.6) is 0 Å². The standard InChI is InChI=1S/C15H25N3O2S/c1-2-4-12-5-3-9-18(10-8-12)14-7-6-13(16)11-15(14)21(17,19)20/h6-7,11-12H,2-5,8-10,16H2,1H3,(H2,17,19,20). The van der Waals surface area contributed by atoms with E-state index < -0.39 is 10.0 Å². The monoisotopic (exact) mass is 311 g/mol. The Kier molecular flexibility index (Phi) is 5.11. The summed E-state index contributed by atoms with van der Waals surface area (Å²) in [6, 6.07) is 4.97. The van der Waals surface area contributed by atoms with Gasteiger partial charge in [0, 0.05) is 18.8 Å². The van der Waals surface area contributed by atoms with Crippen molar-refractivity contribution in [1.29, 1.82) is 0 Å². The molecule has 118 valence electrons. The number of nitrogen functional groups attached to an aromatic ring is 1. The summed E-state index contributed by atoms with van der Waals surface area (Å²) in [6.45, 7) is 3.95. The van der Waals surface area contributed by atoms with Crippen molar-refractivity contribution in [3.63, 3.8) is 0 Å². The molecule has 1 heterocycles. The van der Waals surface area contributed by atoms with E-state index in [1.807, 2.05) is 0 Å². The van der Waals surface area contributed by atoms with Crippen molar-refractivity contribution in [2.75, 3.05) is 23.7 Å². The van der Waals surface area contributed by atoms with Gasteiger partial charge in [-0.05, 0) is 43.4 Å². The van der Waals surface area contributed by atoms with Crippen LogP contribution < -0.4 is 15.8 Å². The quantitative estimate of drug-likeness (QED) is 0.835. The van der Waals surface area contributed by atoms with Crippen LogP contribution in [0.3, 0.4) is 0 Å². The normalized spacial score (nSPS) is 20.3. The Labute approximate surface area is 127 Å². The Hall–Kier alpha value is -1.27. The first-order chi connectivity index (χ1) is 9.91. The minimum atomic E-state index is -3.76. The van der Waals surface area contributed by atoms with Gasteiger partial charge >= 0.3 is 0 Å². The van der Waals surface area contributed by atoms with Crippen molar-refractivity contribution in [3.8, 4) is 0 Å². The molecule has 5 nitrogen and oxygen atoms in total. The molecule has 0 bridgehead atoms. The fraction of sp³-hybridized carbons (Fsp3) is 0.600. The van der Waals surface area contributed by atoms with Crippen LogP contribution in [0.2, 0.25) is 0 Å². The fourth-order valence-electron chi connectivity index (χ4n) is 3.12. The molecule has 2 rings (SSSR count). The number of sulfonamides is 1. The van der Waals surface area contributed by atoms with Crippen molar-refractivity contribution in [1.82, 2.24) is 0 Å². The highest BCUT2D eigenvalue weighted by Gasteiger charge is 2.22. The topological polar surface area (TPSA) is 89.4 Å². The maximum absolute atomic E-state index is 11.8. The minimum absolute atomic E-state index is 0.136. The Balaban J connectivity index is 2.26. The molecule has 1 fully saturated rings. The van der Waals surface area contributed by atoms with E-state index in [0.717, 1.165) is 31.8 Å². The Morgan fingerprint density at radius 2 is 2.05 bits per heavy atom. The van der Waals surface area contributed by atoms with Gasteiger partial charge in [-0.2, -0.15) is 0 Å². The molecular weight excluding hydrogens is 286 g/mol. The third-order valence-corrected chi connectivity index (χ3v) is 5.12. The molecule has 1 atom stereocenters. The van der Waals surface area contributed by atoms with Crippen LogP contribution >= 0.6 is 0 Å². The number of primary sulfonamides is 1. The molecule has 1 aliphatic rings. The summed E-state index contributed by atoms with van der Waals surface area (Å²) in [5.74, 6) is 0.742. The van der Waals surface area contributed by atoms with Gasteiger partial charge in [0.05, 0.1) is 5.69 Å². The first-order valence-corrected chi connectivity index (χ1v) is 9.13. The van der Waals surface area contributed by atoms with Gasteiger partial charge in [-0.25, -0.2) is 13.6 Å². The maximum Gasteiger partial charge on any atom is 0.240 e. The lowest BCUT2D eigenvalue weighted by Gasteiger charge is -2.25. The van der Waals surface area contributed by atoms with Crippen molar-refractivity contribution >= 4 is 21.4 Å². The summed E-state index contributed by atoms with van der Waals surface area (Å²) in [5, 5.41) is 5.34. The minimum Gasteiger partial charge on any atom is -0.399 e. The molecule has 0 saturated carbocycles. The van der Waals surface area contributed by atoms with Gasteiger partial charge in [-0.1, -0.05) is 19.8 Å². The van der Waals surface area contributed by atoms with E-state index in [2.05, 4.69) is 11.8 Å². The van der Waals surface area contributed by atoms with E-state index in [-0.39, 0.29) is 4.90 Å². The van der Waals surface area contributed by atoms with Crippen LogP contribution in [0.4, 0.5) is 11.4 Å². The van der Waals surface area contributed by atoms with Gasteiger partial charge in [0.15, 0.2) is 0 Å². The average molecular weight is 311 g/mol. The molecule has 1 aromatic rings. The molecular formula is C15H25N3O2S. The van der Waals surface area contributed by atoms with E-state index in [4.69, 9.17) is 10.9 Å². The van der Waals surface area contributed by atoms with Crippen LogP contribution in [0, 0.1) is 5.92 Å². The predicted molar refractivity (Wildman–Crippen MR) is 86.7 cm³/mol. The molecule has 1 unspecified atom stereocenters. The van der Waals surface area contributed by atoms with Gasteiger partial charge in [-0.3, -0.25) is 0 Å². The molecule has 0 radical (unpaired) electrons. The Bertz CT molecular complexity index is 587. The van der Waals surface area contributed by atoms with Crippen LogP contribution in [0.15, 0.2) is 23.1 Å². The largest absolute Gasteiger partial charge is 0.399 e. The van der Waals surface area contributed by atoms with Gasteiger partial charge in [0.25, 0.3) is 0 Å². The number of hydrogen-bond acceptors (Lipinski definition) is 4. The average Bonchev–Trinajstić information content (AvgIpc) is 2.64. The van der Waals surface area contributed by atoms with E-state index in [9.17, 15) is 8.42 Å². The van der Waals surface area contributed by atoms with Crippen molar-refractivity contribution in [2.24, 2.45) is 11.1 Å². The Morgan fingerprint density at radius 1 is 1.29 bits per heavy atom. The summed E-state index contributed by atoms with van der Waals surface area (Å²) in [5.41, 5.74) is 6.81. The highest BCUT2D eigenvalue weighted by Crippen LogP contribution is 2.30. The lowest BCUT2D eigenvalue weighted by Crippen LogP contribution is -2.27. The molecule has 0 aromatic heterocycles. The molecule has 0 amide bonds. The second-order valence-corrected chi connectivity index (χ2v) is 7.37. The number of hydrogen-bond donors (Lipinski definition) is 2. The third-order valence-electron chi connectivity index (χ3n) is 4.18. The molecule has 21 heavy (non-hydrogen) atoms. The second-order valence-electron chi connectivity index (χ2n) is 5.84. The summed E-state index contributed by atoms with van der Waals surface area (Å²) >= 11 is 0. The highest BCUT2D eigenvalue weighted by molar-refractivity contribution is 7.89. The molecule has 0 spiro atoms. The second kappa shape index (κ2) is 6.66. The van der Waals surface area contributed by atoms with Crippen LogP contribution in [0.25, 0.3) is 0 Å². The van der Waals surface area contributed by atoms with Gasteiger partial charge in [0.2, 0.25) is 10.0 Å². The SMILES string of the molecule is CCCC1CCCN(c2ccc(N)cc2S(N)(=O)=O)CC1. The van der Waals surface area contributed by atoms with Gasteiger partial charge in [0.1, 0.15) is 4.90 Å². The van der Waals surface area contributed by atoms with Crippen molar-refractivity contribution in [3.05, 3.63) is 18.2 Å². The predicted octanol–water partition coefficient (Wildman–Crippen LogP) is 2.32. The first-order valence-electron chi connectivity index (χ1n) is 7.59. The smallest absolute Gasteiger partial charge is 0.240 e. The van der Waals surface area contributed by atoms with Gasteiger partial charge in [-0.15, -0.1) is 0 Å². The first kappa shape index (κ1) is 16.1. The molecule has 1 aromatic carbocycles. The number of nitrogens with zero attached hydrogens (tertiary/aromatic N) is 1. The summed E-state index contributed by atoms with van der Waals surface area (Å²) in [6.07, 6.45) is 5.85. The van der Waals surface area contributed by atoms with E-state index in [1.165, 1.54) is 25.3 Å². The van der Waals surface area contributed by atoms with E-state index in [1.54, 1.807) is 12.1 Å².